The lowest BCUT2D eigenvalue weighted by Gasteiger charge is -2.04. The first-order chi connectivity index (χ1) is 9.06. The third kappa shape index (κ3) is 2.91. The topological polar surface area (TPSA) is 46.2 Å². The molecule has 3 nitrogen and oxygen atoms in total. The Balaban J connectivity index is 1.71. The molecule has 1 aliphatic carbocycles. The average Bonchev–Trinajstić information content (AvgIpc) is 2.99. The van der Waals surface area contributed by atoms with Crippen LogP contribution < -0.4 is 4.72 Å². The lowest BCUT2D eigenvalue weighted by atomic mass is 10.1. The molecule has 19 heavy (non-hydrogen) atoms. The number of sulfonamides is 1. The smallest absolute Gasteiger partial charge is 0.207 e. The van der Waals surface area contributed by atoms with Crippen LogP contribution >= 0.6 is 27.3 Å². The first kappa shape index (κ1) is 13.3. The summed E-state index contributed by atoms with van der Waals surface area (Å²) < 4.78 is 28.3. The van der Waals surface area contributed by atoms with E-state index in [1.165, 1.54) is 16.9 Å². The molecule has 1 N–H and O–H groups in total. The van der Waals surface area contributed by atoms with Crippen molar-refractivity contribution in [1.82, 2.24) is 4.72 Å². The quantitative estimate of drug-likeness (QED) is 0.911. The molecule has 3 rings (SSSR count). The highest BCUT2D eigenvalue weighted by Gasteiger charge is 2.41. The minimum Gasteiger partial charge on any atom is -0.207 e. The molecule has 2 aromatic rings. The lowest BCUT2D eigenvalue weighted by molar-refractivity contribution is 0.582. The highest BCUT2D eigenvalue weighted by Crippen LogP contribution is 2.41. The van der Waals surface area contributed by atoms with Crippen LogP contribution in [-0.2, 0) is 10.0 Å². The molecule has 0 spiro atoms. The van der Waals surface area contributed by atoms with Gasteiger partial charge in [-0.05, 0) is 40.0 Å². The molecular weight excluding hydrogens is 346 g/mol. The van der Waals surface area contributed by atoms with E-state index in [0.717, 1.165) is 10.2 Å². The van der Waals surface area contributed by atoms with Gasteiger partial charge in [0, 0.05) is 12.0 Å². The summed E-state index contributed by atoms with van der Waals surface area (Å²) in [4.78, 5) is 0. The van der Waals surface area contributed by atoms with Gasteiger partial charge in [0.05, 0.1) is 3.79 Å². The summed E-state index contributed by atoms with van der Waals surface area (Å²) in [5, 5.41) is 0. The van der Waals surface area contributed by atoms with Gasteiger partial charge in [-0.2, -0.15) is 0 Å². The van der Waals surface area contributed by atoms with Crippen LogP contribution in [0.15, 0.2) is 50.5 Å². The standard InChI is InChI=1S/C13H12BrNO2S2/c14-12-6-7-13(18-12)19(16,17)15-11-8-10(11)9-4-2-1-3-5-9/h1-7,10-11,15H,8H2. The zero-order valence-corrected chi connectivity index (χ0v) is 13.1. The number of benzene rings is 1. The zero-order chi connectivity index (χ0) is 13.5. The highest BCUT2D eigenvalue weighted by atomic mass is 79.9. The van der Waals surface area contributed by atoms with Gasteiger partial charge in [-0.25, -0.2) is 13.1 Å². The summed E-state index contributed by atoms with van der Waals surface area (Å²) in [6.07, 6.45) is 0.871. The molecule has 1 aromatic heterocycles. The van der Waals surface area contributed by atoms with Gasteiger partial charge in [-0.3, -0.25) is 0 Å². The Morgan fingerprint density at radius 3 is 2.53 bits per heavy atom. The molecule has 0 aliphatic heterocycles. The van der Waals surface area contributed by atoms with E-state index in [1.807, 2.05) is 30.3 Å². The van der Waals surface area contributed by atoms with Crippen molar-refractivity contribution in [2.75, 3.05) is 0 Å². The highest BCUT2D eigenvalue weighted by molar-refractivity contribution is 9.11. The largest absolute Gasteiger partial charge is 0.250 e. The Kier molecular flexibility index (Phi) is 3.51. The maximum absolute atomic E-state index is 12.2. The summed E-state index contributed by atoms with van der Waals surface area (Å²) >= 11 is 4.51. The maximum atomic E-state index is 12.2. The Morgan fingerprint density at radius 1 is 1.16 bits per heavy atom. The molecule has 1 saturated carbocycles. The van der Waals surface area contributed by atoms with Crippen LogP contribution in [-0.4, -0.2) is 14.5 Å². The summed E-state index contributed by atoms with van der Waals surface area (Å²) in [5.74, 6) is 0.305. The number of thiophene rings is 1. The van der Waals surface area contributed by atoms with Crippen LogP contribution in [0.2, 0.25) is 0 Å². The van der Waals surface area contributed by atoms with Crippen molar-refractivity contribution in [3.63, 3.8) is 0 Å². The first-order valence-electron chi connectivity index (χ1n) is 5.89. The molecule has 0 bridgehead atoms. The van der Waals surface area contributed by atoms with Crippen LogP contribution in [0.3, 0.4) is 0 Å². The molecule has 1 aromatic carbocycles. The Bertz CT molecular complexity index is 682. The van der Waals surface area contributed by atoms with Gasteiger partial charge in [0.1, 0.15) is 4.21 Å². The van der Waals surface area contributed by atoms with Gasteiger partial charge in [0.25, 0.3) is 0 Å². The molecule has 2 atom stereocenters. The Labute approximate surface area is 124 Å². The van der Waals surface area contributed by atoms with Crippen LogP contribution in [0.5, 0.6) is 0 Å². The molecule has 1 heterocycles. The second-order valence-corrected chi connectivity index (χ2v) is 8.94. The zero-order valence-electron chi connectivity index (χ0n) is 9.91. The molecule has 1 aliphatic rings. The summed E-state index contributed by atoms with van der Waals surface area (Å²) in [5.41, 5.74) is 1.20. The molecule has 6 heteroatoms. The fraction of sp³-hybridized carbons (Fsp3) is 0.231. The van der Waals surface area contributed by atoms with E-state index in [1.54, 1.807) is 12.1 Å². The predicted molar refractivity (Wildman–Crippen MR) is 79.9 cm³/mol. The third-order valence-electron chi connectivity index (χ3n) is 3.14. The summed E-state index contributed by atoms with van der Waals surface area (Å²) in [7, 11) is -3.38. The number of nitrogens with one attached hydrogen (secondary N) is 1. The van der Waals surface area contributed by atoms with Crippen molar-refractivity contribution in [3.05, 3.63) is 51.8 Å². The van der Waals surface area contributed by atoms with Crippen molar-refractivity contribution in [3.8, 4) is 0 Å². The van der Waals surface area contributed by atoms with Crippen molar-refractivity contribution in [1.29, 1.82) is 0 Å². The SMILES string of the molecule is O=S(=O)(NC1CC1c1ccccc1)c1ccc(Br)s1. The fourth-order valence-electron chi connectivity index (χ4n) is 2.09. The lowest BCUT2D eigenvalue weighted by Crippen LogP contribution is -2.26. The van der Waals surface area contributed by atoms with Crippen molar-refractivity contribution < 1.29 is 8.42 Å². The van der Waals surface area contributed by atoms with Crippen molar-refractivity contribution in [2.24, 2.45) is 0 Å². The van der Waals surface area contributed by atoms with Gasteiger partial charge in [-0.15, -0.1) is 11.3 Å². The molecule has 1 fully saturated rings. The van der Waals surface area contributed by atoms with Crippen molar-refractivity contribution in [2.45, 2.75) is 22.6 Å². The molecule has 0 saturated heterocycles. The summed E-state index contributed by atoms with van der Waals surface area (Å²) in [6.45, 7) is 0. The van der Waals surface area contributed by atoms with E-state index >= 15 is 0 Å². The van der Waals surface area contributed by atoms with Crippen LogP contribution in [0.1, 0.15) is 17.9 Å². The molecule has 100 valence electrons. The molecule has 2 unspecified atom stereocenters. The summed E-state index contributed by atoms with van der Waals surface area (Å²) in [6, 6.07) is 13.4. The number of halogens is 1. The maximum Gasteiger partial charge on any atom is 0.250 e. The Hall–Kier alpha value is -0.690. The monoisotopic (exact) mass is 357 g/mol. The number of hydrogen-bond acceptors (Lipinski definition) is 3. The van der Waals surface area contributed by atoms with E-state index in [0.29, 0.717) is 10.1 Å². The normalized spacial score (nSPS) is 22.4. The van der Waals surface area contributed by atoms with E-state index < -0.39 is 10.0 Å². The fourth-order valence-corrected chi connectivity index (χ4v) is 5.41. The number of hydrogen-bond donors (Lipinski definition) is 1. The average molecular weight is 358 g/mol. The van der Waals surface area contributed by atoms with Gasteiger partial charge in [0.15, 0.2) is 0 Å². The van der Waals surface area contributed by atoms with Gasteiger partial charge in [-0.1, -0.05) is 30.3 Å². The van der Waals surface area contributed by atoms with Crippen LogP contribution in [0.25, 0.3) is 0 Å². The minimum atomic E-state index is -3.38. The minimum absolute atomic E-state index is 0.0216. The first-order valence-corrected chi connectivity index (χ1v) is 8.98. The van der Waals surface area contributed by atoms with Gasteiger partial charge in [0.2, 0.25) is 10.0 Å². The molecule has 0 radical (unpaired) electrons. The van der Waals surface area contributed by atoms with Crippen LogP contribution in [0.4, 0.5) is 0 Å². The molecular formula is C13H12BrNO2S2. The van der Waals surface area contributed by atoms with E-state index in [2.05, 4.69) is 20.7 Å². The Morgan fingerprint density at radius 2 is 1.89 bits per heavy atom. The third-order valence-corrected chi connectivity index (χ3v) is 6.74. The van der Waals surface area contributed by atoms with E-state index in [-0.39, 0.29) is 6.04 Å². The second-order valence-electron chi connectivity index (χ2n) is 4.54. The van der Waals surface area contributed by atoms with Crippen molar-refractivity contribution >= 4 is 37.3 Å². The van der Waals surface area contributed by atoms with Gasteiger partial charge < -0.3 is 0 Å². The molecule has 0 amide bonds. The van der Waals surface area contributed by atoms with Gasteiger partial charge >= 0.3 is 0 Å². The van der Waals surface area contributed by atoms with E-state index in [4.69, 9.17) is 0 Å². The predicted octanol–water partition coefficient (Wildman–Crippen LogP) is 3.35. The van der Waals surface area contributed by atoms with E-state index in [9.17, 15) is 8.42 Å². The van der Waals surface area contributed by atoms with Crippen LogP contribution in [0, 0.1) is 0 Å². The second kappa shape index (κ2) is 5.01. The number of rotatable bonds is 4.